The van der Waals surface area contributed by atoms with E-state index >= 15 is 0 Å². The Balaban J connectivity index is 2.44. The number of hydrogen-bond acceptors (Lipinski definition) is 2. The lowest BCUT2D eigenvalue weighted by Gasteiger charge is -2.08. The molecule has 0 aliphatic heterocycles. The van der Waals surface area contributed by atoms with Crippen molar-refractivity contribution in [2.75, 3.05) is 0 Å². The summed E-state index contributed by atoms with van der Waals surface area (Å²) in [5, 5.41) is 0. The van der Waals surface area contributed by atoms with Gasteiger partial charge in [0.15, 0.2) is 0 Å². The van der Waals surface area contributed by atoms with Crippen molar-refractivity contribution in [3.63, 3.8) is 0 Å². The van der Waals surface area contributed by atoms with Gasteiger partial charge in [-0.1, -0.05) is 54.6 Å². The van der Waals surface area contributed by atoms with Crippen LogP contribution >= 0.6 is 0 Å². The summed E-state index contributed by atoms with van der Waals surface area (Å²) in [6.45, 7) is 5.63. The first kappa shape index (κ1) is 12.6. The van der Waals surface area contributed by atoms with Crippen LogP contribution in [0.5, 0.6) is 0 Å². The summed E-state index contributed by atoms with van der Waals surface area (Å²) >= 11 is 0. The van der Waals surface area contributed by atoms with Gasteiger partial charge in [0.25, 0.3) is 0 Å². The summed E-state index contributed by atoms with van der Waals surface area (Å²) in [5.41, 5.74) is 1.65. The highest BCUT2D eigenvalue weighted by Gasteiger charge is 2.19. The van der Waals surface area contributed by atoms with Gasteiger partial charge in [0.1, 0.15) is 0 Å². The number of hydrogen-bond donors (Lipinski definition) is 0. The maximum atomic E-state index is 12.3. The summed E-state index contributed by atoms with van der Waals surface area (Å²) in [5.74, 6) is 0. The third-order valence-corrected chi connectivity index (χ3v) is 4.53. The molecule has 0 atom stereocenters. The number of rotatable bonds is 3. The Kier molecular flexibility index (Phi) is 3.34. The number of sulfone groups is 1. The van der Waals surface area contributed by atoms with Gasteiger partial charge >= 0.3 is 0 Å². The molecule has 0 radical (unpaired) electrons. The Bertz CT molecular complexity index is 653. The molecular formula is C15H14O2S. The molecule has 92 valence electrons. The molecule has 0 amide bonds. The van der Waals surface area contributed by atoms with Gasteiger partial charge in [0, 0.05) is 0 Å². The highest BCUT2D eigenvalue weighted by molar-refractivity contribution is 8.00. The molecule has 3 heteroatoms. The third-order valence-electron chi connectivity index (χ3n) is 2.75. The van der Waals surface area contributed by atoms with Crippen LogP contribution in [0.4, 0.5) is 0 Å². The molecule has 0 unspecified atom stereocenters. The number of aryl methyl sites for hydroxylation is 1. The van der Waals surface area contributed by atoms with E-state index in [1.165, 1.54) is 0 Å². The van der Waals surface area contributed by atoms with E-state index in [0.29, 0.717) is 5.56 Å². The summed E-state index contributed by atoms with van der Waals surface area (Å²) in [4.78, 5) is 0.411. The van der Waals surface area contributed by atoms with Crippen LogP contribution in [0.3, 0.4) is 0 Å². The second-order valence-corrected chi connectivity index (χ2v) is 6.08. The maximum Gasteiger partial charge on any atom is 0.206 e. The van der Waals surface area contributed by atoms with Crippen molar-refractivity contribution in [3.05, 3.63) is 72.3 Å². The smallest absolute Gasteiger partial charge is 0.206 e. The van der Waals surface area contributed by atoms with Gasteiger partial charge in [-0.2, -0.15) is 0 Å². The average molecular weight is 258 g/mol. The second kappa shape index (κ2) is 4.78. The summed E-state index contributed by atoms with van der Waals surface area (Å²) in [6, 6.07) is 15.7. The van der Waals surface area contributed by atoms with Crippen molar-refractivity contribution in [3.8, 4) is 0 Å². The van der Waals surface area contributed by atoms with Gasteiger partial charge in [-0.25, -0.2) is 8.42 Å². The molecule has 0 N–H and O–H groups in total. The van der Waals surface area contributed by atoms with E-state index in [1.807, 2.05) is 13.0 Å². The van der Waals surface area contributed by atoms with Gasteiger partial charge in [0.05, 0.1) is 9.80 Å². The fraction of sp³-hybridized carbons (Fsp3) is 0.0667. The SMILES string of the molecule is C=C(c1ccccc1)S(=O)(=O)c1ccc(C)cc1. The zero-order chi connectivity index (χ0) is 13.2. The Morgan fingerprint density at radius 2 is 1.50 bits per heavy atom. The predicted octanol–water partition coefficient (Wildman–Crippen LogP) is 3.44. The maximum absolute atomic E-state index is 12.3. The van der Waals surface area contributed by atoms with E-state index in [0.717, 1.165) is 5.56 Å². The minimum absolute atomic E-state index is 0.131. The lowest BCUT2D eigenvalue weighted by atomic mass is 10.2. The Labute approximate surface area is 108 Å². The minimum Gasteiger partial charge on any atom is -0.219 e. The summed E-state index contributed by atoms with van der Waals surface area (Å²) in [7, 11) is -3.50. The fourth-order valence-electron chi connectivity index (χ4n) is 1.64. The van der Waals surface area contributed by atoms with E-state index in [1.54, 1.807) is 48.5 Å². The first-order chi connectivity index (χ1) is 8.51. The predicted molar refractivity (Wildman–Crippen MR) is 73.8 cm³/mol. The van der Waals surface area contributed by atoms with Crippen molar-refractivity contribution in [2.45, 2.75) is 11.8 Å². The van der Waals surface area contributed by atoms with Crippen LogP contribution in [-0.2, 0) is 9.84 Å². The molecule has 0 aliphatic rings. The van der Waals surface area contributed by atoms with Crippen LogP contribution in [0.15, 0.2) is 66.1 Å². The van der Waals surface area contributed by atoms with Gasteiger partial charge in [-0.15, -0.1) is 0 Å². The van der Waals surface area contributed by atoms with Crippen molar-refractivity contribution >= 4 is 14.7 Å². The molecule has 2 rings (SSSR count). The first-order valence-electron chi connectivity index (χ1n) is 5.58. The van der Waals surface area contributed by atoms with Gasteiger partial charge in [-0.05, 0) is 24.6 Å². The number of benzene rings is 2. The van der Waals surface area contributed by atoms with Gasteiger partial charge in [-0.3, -0.25) is 0 Å². The second-order valence-electron chi connectivity index (χ2n) is 4.11. The first-order valence-corrected chi connectivity index (χ1v) is 7.06. The molecule has 0 aromatic heterocycles. The van der Waals surface area contributed by atoms with Crippen molar-refractivity contribution in [1.82, 2.24) is 0 Å². The van der Waals surface area contributed by atoms with E-state index < -0.39 is 9.84 Å². The van der Waals surface area contributed by atoms with E-state index in [-0.39, 0.29) is 9.80 Å². The van der Waals surface area contributed by atoms with Crippen LogP contribution in [0.1, 0.15) is 11.1 Å². The Hall–Kier alpha value is -1.87. The highest BCUT2D eigenvalue weighted by Crippen LogP contribution is 2.26. The topological polar surface area (TPSA) is 34.1 Å². The van der Waals surface area contributed by atoms with Crippen LogP contribution in [0, 0.1) is 6.92 Å². The molecular weight excluding hydrogens is 244 g/mol. The molecule has 2 aromatic carbocycles. The molecule has 0 bridgehead atoms. The molecule has 18 heavy (non-hydrogen) atoms. The molecule has 2 nitrogen and oxygen atoms in total. The molecule has 2 aromatic rings. The summed E-state index contributed by atoms with van der Waals surface area (Å²) < 4.78 is 24.7. The van der Waals surface area contributed by atoms with E-state index in [2.05, 4.69) is 6.58 Å². The molecule has 0 aliphatic carbocycles. The van der Waals surface area contributed by atoms with Crippen LogP contribution in [0.25, 0.3) is 4.91 Å². The monoisotopic (exact) mass is 258 g/mol. The Morgan fingerprint density at radius 3 is 2.06 bits per heavy atom. The molecule has 0 heterocycles. The van der Waals surface area contributed by atoms with Crippen LogP contribution < -0.4 is 0 Å². The molecule has 0 saturated carbocycles. The fourth-order valence-corrected chi connectivity index (χ4v) is 2.86. The van der Waals surface area contributed by atoms with E-state index in [9.17, 15) is 8.42 Å². The summed E-state index contributed by atoms with van der Waals surface area (Å²) in [6.07, 6.45) is 0. The zero-order valence-corrected chi connectivity index (χ0v) is 10.9. The highest BCUT2D eigenvalue weighted by atomic mass is 32.2. The molecule has 0 fully saturated rings. The lowest BCUT2D eigenvalue weighted by molar-refractivity contribution is 0.606. The van der Waals surface area contributed by atoms with Gasteiger partial charge in [0.2, 0.25) is 9.84 Å². The molecule has 0 spiro atoms. The largest absolute Gasteiger partial charge is 0.219 e. The minimum atomic E-state index is -3.50. The quantitative estimate of drug-likeness (QED) is 0.845. The standard InChI is InChI=1S/C15H14O2S/c1-12-8-10-15(11-9-12)18(16,17)13(2)14-6-4-3-5-7-14/h3-11H,2H2,1H3. The molecule has 0 saturated heterocycles. The third kappa shape index (κ3) is 2.36. The van der Waals surface area contributed by atoms with Crippen LogP contribution in [-0.4, -0.2) is 8.42 Å². The van der Waals surface area contributed by atoms with Gasteiger partial charge < -0.3 is 0 Å². The van der Waals surface area contributed by atoms with Crippen molar-refractivity contribution in [2.24, 2.45) is 0 Å². The van der Waals surface area contributed by atoms with Crippen molar-refractivity contribution < 1.29 is 8.42 Å². The zero-order valence-electron chi connectivity index (χ0n) is 10.1. The Morgan fingerprint density at radius 1 is 0.944 bits per heavy atom. The normalized spacial score (nSPS) is 11.2. The van der Waals surface area contributed by atoms with Crippen LogP contribution in [0.2, 0.25) is 0 Å². The van der Waals surface area contributed by atoms with Crippen molar-refractivity contribution in [1.29, 1.82) is 0 Å². The lowest BCUT2D eigenvalue weighted by Crippen LogP contribution is -2.03. The average Bonchev–Trinajstić information content (AvgIpc) is 2.39. The van der Waals surface area contributed by atoms with E-state index in [4.69, 9.17) is 0 Å².